The third-order valence-electron chi connectivity index (χ3n) is 6.96. The van der Waals surface area contributed by atoms with Crippen LogP contribution in [0.25, 0.3) is 0 Å². The van der Waals surface area contributed by atoms with E-state index >= 15 is 0 Å². The van der Waals surface area contributed by atoms with Gasteiger partial charge in [-0.05, 0) is 36.6 Å². The van der Waals surface area contributed by atoms with Crippen LogP contribution in [0.4, 0.5) is 0 Å². The second-order valence-corrected chi connectivity index (χ2v) is 8.85. The minimum absolute atomic E-state index is 0.0973. The van der Waals surface area contributed by atoms with Gasteiger partial charge in [-0.3, -0.25) is 29.5 Å². The molecule has 3 fully saturated rings. The highest BCUT2D eigenvalue weighted by atomic mass is 16.2. The van der Waals surface area contributed by atoms with Gasteiger partial charge in [-0.25, -0.2) is 0 Å². The van der Waals surface area contributed by atoms with Crippen molar-refractivity contribution < 1.29 is 14.4 Å². The van der Waals surface area contributed by atoms with Crippen molar-refractivity contribution in [3.05, 3.63) is 34.9 Å². The summed E-state index contributed by atoms with van der Waals surface area (Å²) in [5.41, 5.74) is 2.81. The van der Waals surface area contributed by atoms with Gasteiger partial charge in [0.1, 0.15) is 6.04 Å². The summed E-state index contributed by atoms with van der Waals surface area (Å²) >= 11 is 0. The van der Waals surface area contributed by atoms with Crippen molar-refractivity contribution in [3.8, 4) is 0 Å². The standard InChI is InChI=1S/C22H29N5O3/c28-20-4-3-19(21(29)24-20)27-14-16-2-1-15(11-18(16)22(27)30)13-25-7-9-26(10-8-25)17-5-6-23-12-17/h1-2,11,17,19,23H,3-10,12-14H2,(H,24,28,29)/t17-,19?/m1/s1. The zero-order valence-electron chi connectivity index (χ0n) is 17.2. The Morgan fingerprint density at radius 2 is 1.87 bits per heavy atom. The molecule has 2 N–H and O–H groups in total. The molecule has 0 radical (unpaired) electrons. The summed E-state index contributed by atoms with van der Waals surface area (Å²) in [6, 6.07) is 6.26. The summed E-state index contributed by atoms with van der Waals surface area (Å²) in [4.78, 5) is 43.3. The van der Waals surface area contributed by atoms with Crippen LogP contribution >= 0.6 is 0 Å². The Labute approximate surface area is 176 Å². The fraction of sp³-hybridized carbons (Fsp3) is 0.591. The van der Waals surface area contributed by atoms with Crippen molar-refractivity contribution in [2.24, 2.45) is 0 Å². The largest absolute Gasteiger partial charge is 0.322 e. The first kappa shape index (κ1) is 19.7. The first-order valence-electron chi connectivity index (χ1n) is 11.0. The van der Waals surface area contributed by atoms with Crippen LogP contribution < -0.4 is 10.6 Å². The van der Waals surface area contributed by atoms with Gasteiger partial charge >= 0.3 is 0 Å². The van der Waals surface area contributed by atoms with Crippen LogP contribution in [0.5, 0.6) is 0 Å². The molecule has 1 aromatic carbocycles. The number of hydrogen-bond donors (Lipinski definition) is 2. The Morgan fingerprint density at radius 1 is 1.03 bits per heavy atom. The molecule has 4 aliphatic heterocycles. The maximum Gasteiger partial charge on any atom is 0.255 e. The highest BCUT2D eigenvalue weighted by molar-refractivity contribution is 6.05. The fourth-order valence-corrected chi connectivity index (χ4v) is 5.20. The van der Waals surface area contributed by atoms with Gasteiger partial charge in [0.15, 0.2) is 0 Å². The predicted octanol–water partition coefficient (Wildman–Crippen LogP) is -0.0729. The summed E-state index contributed by atoms with van der Waals surface area (Å²) in [7, 11) is 0. The van der Waals surface area contributed by atoms with Gasteiger partial charge in [0, 0.05) is 63.8 Å². The lowest BCUT2D eigenvalue weighted by molar-refractivity contribution is -0.136. The zero-order valence-corrected chi connectivity index (χ0v) is 17.2. The molecule has 0 saturated carbocycles. The van der Waals surface area contributed by atoms with Crippen LogP contribution in [-0.2, 0) is 22.7 Å². The van der Waals surface area contributed by atoms with Gasteiger partial charge in [0.05, 0.1) is 0 Å². The molecule has 2 atom stereocenters. The molecule has 0 bridgehead atoms. The Bertz CT molecular complexity index is 858. The van der Waals surface area contributed by atoms with Crippen LogP contribution in [0, 0.1) is 0 Å². The van der Waals surface area contributed by atoms with E-state index in [2.05, 4.69) is 26.5 Å². The van der Waals surface area contributed by atoms with Gasteiger partial charge in [-0.15, -0.1) is 0 Å². The molecule has 1 unspecified atom stereocenters. The monoisotopic (exact) mass is 411 g/mol. The van der Waals surface area contributed by atoms with Gasteiger partial charge in [0.2, 0.25) is 11.8 Å². The van der Waals surface area contributed by atoms with E-state index in [0.29, 0.717) is 24.6 Å². The number of carbonyl (C=O) groups excluding carboxylic acids is 3. The summed E-state index contributed by atoms with van der Waals surface area (Å²) in [6.07, 6.45) is 1.93. The normalized spacial score (nSPS) is 28.1. The lowest BCUT2D eigenvalue weighted by Crippen LogP contribution is -2.52. The molecule has 4 aliphatic rings. The van der Waals surface area contributed by atoms with Crippen molar-refractivity contribution in [3.63, 3.8) is 0 Å². The number of carbonyl (C=O) groups is 3. The summed E-state index contributed by atoms with van der Waals surface area (Å²) in [5.74, 6) is -0.713. The van der Waals surface area contributed by atoms with E-state index in [4.69, 9.17) is 0 Å². The fourth-order valence-electron chi connectivity index (χ4n) is 5.20. The quantitative estimate of drug-likeness (QED) is 0.675. The number of nitrogens with one attached hydrogen (secondary N) is 2. The smallest absolute Gasteiger partial charge is 0.255 e. The SMILES string of the molecule is O=C1CCC(N2Cc3ccc(CN4CCN([C@@H]5CCNC5)CC4)cc3C2=O)C(=O)N1. The van der Waals surface area contributed by atoms with E-state index in [0.717, 1.165) is 56.9 Å². The van der Waals surface area contributed by atoms with Crippen LogP contribution in [0.3, 0.4) is 0 Å². The van der Waals surface area contributed by atoms with Crippen molar-refractivity contribution in [1.29, 1.82) is 0 Å². The lowest BCUT2D eigenvalue weighted by atomic mass is 10.0. The van der Waals surface area contributed by atoms with E-state index in [1.807, 2.05) is 12.1 Å². The number of imide groups is 1. The minimum atomic E-state index is -0.552. The first-order valence-corrected chi connectivity index (χ1v) is 11.0. The summed E-state index contributed by atoms with van der Waals surface area (Å²) < 4.78 is 0. The van der Waals surface area contributed by atoms with E-state index in [-0.39, 0.29) is 24.1 Å². The second kappa shape index (κ2) is 8.09. The van der Waals surface area contributed by atoms with Gasteiger partial charge in [-0.2, -0.15) is 0 Å². The van der Waals surface area contributed by atoms with Gasteiger partial charge in [0.25, 0.3) is 5.91 Å². The van der Waals surface area contributed by atoms with Crippen molar-refractivity contribution >= 4 is 17.7 Å². The molecule has 3 saturated heterocycles. The maximum atomic E-state index is 13.0. The van der Waals surface area contributed by atoms with Crippen molar-refractivity contribution in [2.75, 3.05) is 39.3 Å². The number of piperazine rings is 1. The van der Waals surface area contributed by atoms with E-state index in [1.165, 1.54) is 6.42 Å². The Morgan fingerprint density at radius 3 is 2.60 bits per heavy atom. The van der Waals surface area contributed by atoms with Crippen molar-refractivity contribution in [1.82, 2.24) is 25.3 Å². The molecule has 0 spiro atoms. The molecule has 8 heteroatoms. The molecule has 5 rings (SSSR count). The number of piperidine rings is 1. The molecule has 3 amide bonds. The van der Waals surface area contributed by atoms with Crippen LogP contribution in [-0.4, -0.2) is 83.8 Å². The lowest BCUT2D eigenvalue weighted by Gasteiger charge is -2.37. The molecule has 0 aliphatic carbocycles. The number of nitrogens with zero attached hydrogens (tertiary/aromatic N) is 3. The molecule has 1 aromatic rings. The topological polar surface area (TPSA) is 85.0 Å². The minimum Gasteiger partial charge on any atom is -0.322 e. The highest BCUT2D eigenvalue weighted by Crippen LogP contribution is 2.28. The average molecular weight is 412 g/mol. The molecule has 0 aromatic heterocycles. The number of amides is 3. The number of benzene rings is 1. The van der Waals surface area contributed by atoms with Crippen LogP contribution in [0.15, 0.2) is 18.2 Å². The number of fused-ring (bicyclic) bond motifs is 1. The third-order valence-corrected chi connectivity index (χ3v) is 6.96. The van der Waals surface area contributed by atoms with E-state index in [1.54, 1.807) is 4.90 Å². The second-order valence-electron chi connectivity index (χ2n) is 8.85. The maximum absolute atomic E-state index is 13.0. The summed E-state index contributed by atoms with van der Waals surface area (Å²) in [5, 5.41) is 5.80. The summed E-state index contributed by atoms with van der Waals surface area (Å²) in [6.45, 7) is 7.80. The average Bonchev–Trinajstić information content (AvgIpc) is 3.38. The van der Waals surface area contributed by atoms with Crippen LogP contribution in [0.2, 0.25) is 0 Å². The molecule has 4 heterocycles. The Hall–Kier alpha value is -2.29. The van der Waals surface area contributed by atoms with Gasteiger partial charge in [-0.1, -0.05) is 12.1 Å². The molecule has 8 nitrogen and oxygen atoms in total. The zero-order chi connectivity index (χ0) is 20.7. The van der Waals surface area contributed by atoms with Gasteiger partial charge < -0.3 is 10.2 Å². The third kappa shape index (κ3) is 3.75. The number of rotatable bonds is 4. The number of hydrogen-bond acceptors (Lipinski definition) is 6. The van der Waals surface area contributed by atoms with Crippen LogP contribution in [0.1, 0.15) is 40.7 Å². The van der Waals surface area contributed by atoms with E-state index in [9.17, 15) is 14.4 Å². The first-order chi connectivity index (χ1) is 14.6. The highest BCUT2D eigenvalue weighted by Gasteiger charge is 2.39. The molecule has 160 valence electrons. The predicted molar refractivity (Wildman–Crippen MR) is 111 cm³/mol. The van der Waals surface area contributed by atoms with E-state index < -0.39 is 6.04 Å². The molecular formula is C22H29N5O3. The Kier molecular flexibility index (Phi) is 5.30. The Balaban J connectivity index is 1.21. The molecular weight excluding hydrogens is 382 g/mol. The molecule has 30 heavy (non-hydrogen) atoms. The van der Waals surface area contributed by atoms with Crippen molar-refractivity contribution in [2.45, 2.75) is 44.4 Å².